The Bertz CT molecular complexity index is 991. The van der Waals surface area contributed by atoms with E-state index in [-0.39, 0.29) is 0 Å². The van der Waals surface area contributed by atoms with E-state index in [2.05, 4.69) is 66.0 Å². The van der Waals surface area contributed by atoms with Crippen molar-refractivity contribution in [3.8, 4) is 16.9 Å². The van der Waals surface area contributed by atoms with Crippen LogP contribution in [-0.4, -0.2) is 7.11 Å². The molecule has 0 heterocycles. The summed E-state index contributed by atoms with van der Waals surface area (Å²) in [5, 5.41) is 5.98. The lowest BCUT2D eigenvalue weighted by Crippen LogP contribution is -1.93. The molecule has 0 aliphatic carbocycles. The number of methoxy groups -OCH3 is 1. The molecule has 0 radical (unpaired) electrons. The summed E-state index contributed by atoms with van der Waals surface area (Å²) < 4.78 is 5.24. The van der Waals surface area contributed by atoms with Crippen LogP contribution in [0.1, 0.15) is 0 Å². The molecule has 0 saturated heterocycles. The van der Waals surface area contributed by atoms with Crippen molar-refractivity contribution < 1.29 is 4.74 Å². The Labute approximate surface area is 147 Å². The van der Waals surface area contributed by atoms with Crippen molar-refractivity contribution >= 4 is 22.1 Å². The van der Waals surface area contributed by atoms with Crippen LogP contribution in [0, 0.1) is 0 Å². The lowest BCUT2D eigenvalue weighted by Gasteiger charge is -2.13. The number of hydrogen-bond donors (Lipinski definition) is 1. The predicted molar refractivity (Wildman–Crippen MR) is 106 cm³/mol. The molecular weight excluding hydrogens is 306 g/mol. The Morgan fingerprint density at radius 2 is 1.40 bits per heavy atom. The van der Waals surface area contributed by atoms with E-state index in [9.17, 15) is 0 Å². The highest BCUT2D eigenvalue weighted by Gasteiger charge is 2.06. The fraction of sp³-hybridized carbons (Fsp3) is 0.0435. The molecule has 0 amide bonds. The van der Waals surface area contributed by atoms with Gasteiger partial charge in [-0.2, -0.15) is 0 Å². The van der Waals surface area contributed by atoms with Crippen LogP contribution in [-0.2, 0) is 0 Å². The van der Waals surface area contributed by atoms with Gasteiger partial charge in [-0.25, -0.2) is 0 Å². The van der Waals surface area contributed by atoms with Crippen LogP contribution < -0.4 is 10.1 Å². The minimum atomic E-state index is 0.855. The van der Waals surface area contributed by atoms with Gasteiger partial charge in [0.05, 0.1) is 7.11 Å². The van der Waals surface area contributed by atoms with Gasteiger partial charge >= 0.3 is 0 Å². The second-order valence-corrected chi connectivity index (χ2v) is 5.96. The first-order chi connectivity index (χ1) is 12.3. The third kappa shape index (κ3) is 3.20. The molecule has 0 unspecified atom stereocenters. The molecule has 0 aliphatic heterocycles. The minimum Gasteiger partial charge on any atom is -0.497 e. The maximum Gasteiger partial charge on any atom is 0.119 e. The number of fused-ring (bicyclic) bond motifs is 1. The number of hydrogen-bond acceptors (Lipinski definition) is 2. The molecule has 2 nitrogen and oxygen atoms in total. The zero-order chi connectivity index (χ0) is 17.1. The Morgan fingerprint density at radius 1 is 0.680 bits per heavy atom. The molecule has 2 heteroatoms. The molecule has 4 aromatic carbocycles. The van der Waals surface area contributed by atoms with Crippen LogP contribution in [0.5, 0.6) is 5.75 Å². The lowest BCUT2D eigenvalue weighted by molar-refractivity contribution is 0.415. The highest BCUT2D eigenvalue weighted by atomic mass is 16.5. The van der Waals surface area contributed by atoms with Crippen LogP contribution in [0.4, 0.5) is 11.4 Å². The largest absolute Gasteiger partial charge is 0.497 e. The molecule has 0 aromatic heterocycles. The Kier molecular flexibility index (Phi) is 4.09. The Hall–Kier alpha value is -3.26. The van der Waals surface area contributed by atoms with Gasteiger partial charge in [-0.3, -0.25) is 0 Å². The maximum absolute atomic E-state index is 5.24. The SMILES string of the molecule is COc1ccc(Nc2cc(-c3ccccc3)cc3ccccc23)cc1. The van der Waals surface area contributed by atoms with Crippen LogP contribution in [0.15, 0.2) is 91.0 Å². The summed E-state index contributed by atoms with van der Waals surface area (Å²) in [5.74, 6) is 0.855. The molecule has 0 bridgehead atoms. The number of ether oxygens (including phenoxy) is 1. The predicted octanol–water partition coefficient (Wildman–Crippen LogP) is 6.26. The van der Waals surface area contributed by atoms with Gasteiger partial charge in [-0.05, 0) is 52.9 Å². The van der Waals surface area contributed by atoms with Crippen molar-refractivity contribution in [2.45, 2.75) is 0 Å². The molecule has 0 saturated carbocycles. The van der Waals surface area contributed by atoms with Crippen molar-refractivity contribution in [1.29, 1.82) is 0 Å². The summed E-state index contributed by atoms with van der Waals surface area (Å²) in [6.07, 6.45) is 0. The fourth-order valence-electron chi connectivity index (χ4n) is 3.04. The number of anilines is 2. The quantitative estimate of drug-likeness (QED) is 0.478. The van der Waals surface area contributed by atoms with E-state index in [0.29, 0.717) is 0 Å². The molecule has 25 heavy (non-hydrogen) atoms. The highest BCUT2D eigenvalue weighted by Crippen LogP contribution is 2.33. The van der Waals surface area contributed by atoms with Crippen LogP contribution in [0.25, 0.3) is 21.9 Å². The Morgan fingerprint density at radius 3 is 2.16 bits per heavy atom. The number of nitrogens with one attached hydrogen (secondary N) is 1. The van der Waals surface area contributed by atoms with Gasteiger partial charge in [0.25, 0.3) is 0 Å². The van der Waals surface area contributed by atoms with E-state index in [4.69, 9.17) is 4.74 Å². The summed E-state index contributed by atoms with van der Waals surface area (Å²) in [6, 6.07) is 31.4. The van der Waals surface area contributed by atoms with E-state index in [1.165, 1.54) is 21.9 Å². The van der Waals surface area contributed by atoms with E-state index >= 15 is 0 Å². The molecular formula is C23H19NO. The lowest BCUT2D eigenvalue weighted by atomic mass is 9.99. The zero-order valence-electron chi connectivity index (χ0n) is 14.1. The standard InChI is InChI=1S/C23H19NO/c1-25-21-13-11-20(12-14-21)24-23-16-19(17-7-3-2-4-8-17)15-18-9-5-6-10-22(18)23/h2-16,24H,1H3. The number of rotatable bonds is 4. The monoisotopic (exact) mass is 325 g/mol. The summed E-state index contributed by atoms with van der Waals surface area (Å²) in [7, 11) is 1.68. The van der Waals surface area contributed by atoms with E-state index in [1.807, 2.05) is 30.3 Å². The molecule has 122 valence electrons. The third-order valence-electron chi connectivity index (χ3n) is 4.34. The normalized spacial score (nSPS) is 10.6. The van der Waals surface area contributed by atoms with E-state index in [0.717, 1.165) is 17.1 Å². The molecule has 0 fully saturated rings. The maximum atomic E-state index is 5.24. The van der Waals surface area contributed by atoms with Crippen LogP contribution >= 0.6 is 0 Å². The average Bonchev–Trinajstić information content (AvgIpc) is 2.69. The first kappa shape index (κ1) is 15.3. The van der Waals surface area contributed by atoms with Gasteiger partial charge in [0.15, 0.2) is 0 Å². The summed E-state index contributed by atoms with van der Waals surface area (Å²) in [6.45, 7) is 0. The first-order valence-corrected chi connectivity index (χ1v) is 8.33. The van der Waals surface area contributed by atoms with Crippen molar-refractivity contribution in [3.63, 3.8) is 0 Å². The van der Waals surface area contributed by atoms with Gasteiger partial charge in [0.1, 0.15) is 5.75 Å². The summed E-state index contributed by atoms with van der Waals surface area (Å²) in [5.41, 5.74) is 4.56. The first-order valence-electron chi connectivity index (χ1n) is 8.33. The van der Waals surface area contributed by atoms with Crippen LogP contribution in [0.3, 0.4) is 0 Å². The minimum absolute atomic E-state index is 0.855. The van der Waals surface area contributed by atoms with Crippen molar-refractivity contribution in [2.75, 3.05) is 12.4 Å². The summed E-state index contributed by atoms with van der Waals surface area (Å²) in [4.78, 5) is 0. The van der Waals surface area contributed by atoms with Gasteiger partial charge in [-0.15, -0.1) is 0 Å². The van der Waals surface area contributed by atoms with Gasteiger partial charge in [-0.1, -0.05) is 54.6 Å². The molecule has 1 N–H and O–H groups in total. The average molecular weight is 325 g/mol. The smallest absolute Gasteiger partial charge is 0.119 e. The molecule has 0 spiro atoms. The van der Waals surface area contributed by atoms with E-state index < -0.39 is 0 Å². The Balaban J connectivity index is 1.80. The third-order valence-corrected chi connectivity index (χ3v) is 4.34. The summed E-state index contributed by atoms with van der Waals surface area (Å²) >= 11 is 0. The van der Waals surface area contributed by atoms with Gasteiger partial charge in [0, 0.05) is 16.8 Å². The van der Waals surface area contributed by atoms with Gasteiger partial charge < -0.3 is 10.1 Å². The van der Waals surface area contributed by atoms with Gasteiger partial charge in [0.2, 0.25) is 0 Å². The van der Waals surface area contributed by atoms with Crippen molar-refractivity contribution in [2.24, 2.45) is 0 Å². The van der Waals surface area contributed by atoms with Crippen molar-refractivity contribution in [3.05, 3.63) is 91.0 Å². The molecule has 4 aromatic rings. The van der Waals surface area contributed by atoms with Crippen molar-refractivity contribution in [1.82, 2.24) is 0 Å². The number of benzene rings is 4. The molecule has 0 atom stereocenters. The molecule has 0 aliphatic rings. The topological polar surface area (TPSA) is 21.3 Å². The fourth-order valence-corrected chi connectivity index (χ4v) is 3.04. The zero-order valence-corrected chi connectivity index (χ0v) is 14.1. The second kappa shape index (κ2) is 6.70. The van der Waals surface area contributed by atoms with Crippen LogP contribution in [0.2, 0.25) is 0 Å². The highest BCUT2D eigenvalue weighted by molar-refractivity contribution is 5.99. The second-order valence-electron chi connectivity index (χ2n) is 5.96. The van der Waals surface area contributed by atoms with E-state index in [1.54, 1.807) is 7.11 Å². The molecule has 4 rings (SSSR count).